The average Bonchev–Trinajstić information content (AvgIpc) is 2.60. The summed E-state index contributed by atoms with van der Waals surface area (Å²) in [6, 6.07) is 10.5. The zero-order valence-corrected chi connectivity index (χ0v) is 12.5. The summed E-state index contributed by atoms with van der Waals surface area (Å²) in [5.41, 5.74) is -0.581. The number of rotatable bonds is 5. The van der Waals surface area contributed by atoms with Crippen molar-refractivity contribution in [2.24, 2.45) is 0 Å². The van der Waals surface area contributed by atoms with Gasteiger partial charge in [0.05, 0.1) is 9.85 Å². The first-order valence-electron chi connectivity index (χ1n) is 6.84. The highest BCUT2D eigenvalue weighted by molar-refractivity contribution is 5.60. The van der Waals surface area contributed by atoms with Gasteiger partial charge in [0.25, 0.3) is 11.4 Å². The lowest BCUT2D eigenvalue weighted by molar-refractivity contribution is -0.394. The quantitative estimate of drug-likeness (QED) is 0.654. The van der Waals surface area contributed by atoms with Crippen LogP contribution in [0.2, 0.25) is 0 Å². The first-order valence-corrected chi connectivity index (χ1v) is 6.84. The second-order valence-corrected chi connectivity index (χ2v) is 4.45. The Hall–Kier alpha value is -3.38. The third-order valence-electron chi connectivity index (χ3n) is 2.84. The number of nitro groups is 2. The van der Waals surface area contributed by atoms with Crippen LogP contribution in [0.3, 0.4) is 0 Å². The number of hydrogen-bond donors (Lipinski definition) is 1. The summed E-state index contributed by atoms with van der Waals surface area (Å²) < 4.78 is 0. The molecular weight excluding hydrogens is 316 g/mol. The molecule has 124 valence electrons. The Morgan fingerprint density at radius 1 is 1.08 bits per heavy atom. The number of nitro benzene ring substituents is 2. The number of benzene rings is 1. The number of hydrogen-bond acceptors (Lipinski definition) is 7. The summed E-state index contributed by atoms with van der Waals surface area (Å²) >= 11 is 0. The molecule has 9 nitrogen and oxygen atoms in total. The number of aliphatic hydroxyl groups is 1. The van der Waals surface area contributed by atoms with Crippen molar-refractivity contribution in [3.8, 4) is 6.07 Å². The topological polar surface area (TPSA) is 143 Å². The highest BCUT2D eigenvalue weighted by atomic mass is 16.6. The fourth-order valence-electron chi connectivity index (χ4n) is 1.75. The van der Waals surface area contributed by atoms with E-state index in [9.17, 15) is 20.2 Å². The fraction of sp³-hybridized carbons (Fsp3) is 0.200. The minimum absolute atomic E-state index is 0.247. The van der Waals surface area contributed by atoms with Crippen molar-refractivity contribution in [2.45, 2.75) is 12.8 Å². The largest absolute Gasteiger partial charge is 0.396 e. The van der Waals surface area contributed by atoms with Crippen molar-refractivity contribution >= 4 is 11.4 Å². The SMILES string of the molecule is N#Cc1c([N+](=O)[O-])cccc1[N+](=O)[O-].OCCCc1ccccn1. The Labute approximate surface area is 137 Å². The summed E-state index contributed by atoms with van der Waals surface area (Å²) in [4.78, 5) is 23.2. The fourth-order valence-corrected chi connectivity index (χ4v) is 1.75. The van der Waals surface area contributed by atoms with Crippen LogP contribution < -0.4 is 0 Å². The zero-order valence-electron chi connectivity index (χ0n) is 12.5. The van der Waals surface area contributed by atoms with Crippen LogP contribution in [0.4, 0.5) is 11.4 Å². The molecule has 0 fully saturated rings. The van der Waals surface area contributed by atoms with Gasteiger partial charge >= 0.3 is 0 Å². The molecule has 0 aliphatic carbocycles. The molecule has 0 saturated carbocycles. The lowest BCUT2D eigenvalue weighted by Gasteiger charge is -1.95. The molecule has 0 atom stereocenters. The number of aromatic nitrogens is 1. The van der Waals surface area contributed by atoms with Crippen LogP contribution in [0.15, 0.2) is 42.6 Å². The van der Waals surface area contributed by atoms with Gasteiger partial charge in [-0.3, -0.25) is 25.2 Å². The number of nitrogens with zero attached hydrogens (tertiary/aromatic N) is 4. The molecule has 0 saturated heterocycles. The van der Waals surface area contributed by atoms with E-state index in [2.05, 4.69) is 4.98 Å². The van der Waals surface area contributed by atoms with Crippen LogP contribution in [0.25, 0.3) is 0 Å². The van der Waals surface area contributed by atoms with E-state index >= 15 is 0 Å². The molecule has 2 rings (SSSR count). The molecule has 1 aromatic carbocycles. The Morgan fingerprint density at radius 3 is 2.12 bits per heavy atom. The summed E-state index contributed by atoms with van der Waals surface area (Å²) in [7, 11) is 0. The van der Waals surface area contributed by atoms with Crippen LogP contribution in [-0.2, 0) is 6.42 Å². The molecule has 1 heterocycles. The molecule has 0 bridgehead atoms. The summed E-state index contributed by atoms with van der Waals surface area (Å²) in [5, 5.41) is 37.8. The van der Waals surface area contributed by atoms with Gasteiger partial charge < -0.3 is 5.11 Å². The Bertz CT molecular complexity index is 711. The van der Waals surface area contributed by atoms with Crippen molar-refractivity contribution in [3.05, 3.63) is 74.1 Å². The van der Waals surface area contributed by atoms with Crippen molar-refractivity contribution in [1.29, 1.82) is 5.26 Å². The second kappa shape index (κ2) is 9.60. The average molecular weight is 330 g/mol. The van der Waals surface area contributed by atoms with E-state index in [-0.39, 0.29) is 6.61 Å². The second-order valence-electron chi connectivity index (χ2n) is 4.45. The molecule has 1 aromatic heterocycles. The van der Waals surface area contributed by atoms with Gasteiger partial charge in [-0.05, 0) is 31.0 Å². The molecule has 0 aliphatic rings. The van der Waals surface area contributed by atoms with Gasteiger partial charge in [0, 0.05) is 30.6 Å². The minimum atomic E-state index is -0.828. The van der Waals surface area contributed by atoms with Gasteiger partial charge in [-0.1, -0.05) is 6.07 Å². The van der Waals surface area contributed by atoms with E-state index in [1.807, 2.05) is 18.2 Å². The molecule has 0 spiro atoms. The van der Waals surface area contributed by atoms with Crippen molar-refractivity contribution in [3.63, 3.8) is 0 Å². The Kier molecular flexibility index (Phi) is 7.47. The number of pyridine rings is 1. The van der Waals surface area contributed by atoms with Gasteiger partial charge in [-0.15, -0.1) is 0 Å². The molecule has 0 aliphatic heterocycles. The molecule has 2 aromatic rings. The molecule has 9 heteroatoms. The van der Waals surface area contributed by atoms with Crippen LogP contribution in [-0.4, -0.2) is 26.5 Å². The highest BCUT2D eigenvalue weighted by Crippen LogP contribution is 2.26. The number of nitriles is 1. The van der Waals surface area contributed by atoms with Gasteiger partial charge in [-0.25, -0.2) is 0 Å². The van der Waals surface area contributed by atoms with E-state index in [0.717, 1.165) is 36.7 Å². The van der Waals surface area contributed by atoms with Crippen LogP contribution >= 0.6 is 0 Å². The summed E-state index contributed by atoms with van der Waals surface area (Å²) in [5.74, 6) is 0. The van der Waals surface area contributed by atoms with Crippen molar-refractivity contribution in [2.75, 3.05) is 6.61 Å². The maximum Gasteiger partial charge on any atom is 0.294 e. The first kappa shape index (κ1) is 18.7. The van der Waals surface area contributed by atoms with Crippen molar-refractivity contribution < 1.29 is 15.0 Å². The molecule has 1 N–H and O–H groups in total. The lowest BCUT2D eigenvalue weighted by atomic mass is 10.1. The van der Waals surface area contributed by atoms with E-state index in [1.54, 1.807) is 6.20 Å². The normalized spacial score (nSPS) is 9.33. The standard InChI is InChI=1S/C8H11NO.C7H3N3O4/c10-7-3-5-8-4-1-2-6-9-8;8-4-5-6(9(11)12)2-1-3-7(5)10(13)14/h1-2,4,6,10H,3,5,7H2;1-3H. The minimum Gasteiger partial charge on any atom is -0.396 e. The summed E-state index contributed by atoms with van der Waals surface area (Å²) in [6.45, 7) is 0.247. The Morgan fingerprint density at radius 2 is 1.71 bits per heavy atom. The van der Waals surface area contributed by atoms with E-state index < -0.39 is 26.8 Å². The third kappa shape index (κ3) is 5.43. The molecule has 0 radical (unpaired) electrons. The number of aryl methyl sites for hydroxylation is 1. The van der Waals surface area contributed by atoms with E-state index in [0.29, 0.717) is 0 Å². The van der Waals surface area contributed by atoms with Gasteiger partial charge in [0.2, 0.25) is 5.56 Å². The molecule has 24 heavy (non-hydrogen) atoms. The van der Waals surface area contributed by atoms with E-state index in [1.165, 1.54) is 6.07 Å². The number of aliphatic hydroxyl groups excluding tert-OH is 1. The maximum absolute atomic E-state index is 10.4. The monoisotopic (exact) mass is 330 g/mol. The van der Waals surface area contributed by atoms with Crippen molar-refractivity contribution in [1.82, 2.24) is 4.98 Å². The molecule has 0 amide bonds. The van der Waals surface area contributed by atoms with E-state index in [4.69, 9.17) is 10.4 Å². The highest BCUT2D eigenvalue weighted by Gasteiger charge is 2.23. The Balaban J connectivity index is 0.000000254. The van der Waals surface area contributed by atoms with Gasteiger partial charge in [0.1, 0.15) is 6.07 Å². The predicted octanol–water partition coefficient (Wildman–Crippen LogP) is 2.38. The molecule has 0 unspecified atom stereocenters. The predicted molar refractivity (Wildman–Crippen MR) is 84.1 cm³/mol. The summed E-state index contributed by atoms with van der Waals surface area (Å²) in [6.07, 6.45) is 3.45. The molecular formula is C15H14N4O5. The maximum atomic E-state index is 10.4. The van der Waals surface area contributed by atoms with Crippen LogP contribution in [0.5, 0.6) is 0 Å². The third-order valence-corrected chi connectivity index (χ3v) is 2.84. The van der Waals surface area contributed by atoms with Crippen LogP contribution in [0.1, 0.15) is 17.7 Å². The first-order chi connectivity index (χ1) is 11.5. The van der Waals surface area contributed by atoms with Gasteiger partial charge in [0.15, 0.2) is 0 Å². The van der Waals surface area contributed by atoms with Gasteiger partial charge in [-0.2, -0.15) is 5.26 Å². The van der Waals surface area contributed by atoms with Crippen LogP contribution in [0, 0.1) is 31.6 Å². The smallest absolute Gasteiger partial charge is 0.294 e. The lowest BCUT2D eigenvalue weighted by Crippen LogP contribution is -1.97. The zero-order chi connectivity index (χ0) is 17.9.